The number of aliphatic hydroxyl groups is 2. The summed E-state index contributed by atoms with van der Waals surface area (Å²) in [6, 6.07) is 26.2. The highest BCUT2D eigenvalue weighted by Crippen LogP contribution is 2.70. The van der Waals surface area contributed by atoms with Gasteiger partial charge in [-0.2, -0.15) is 0 Å². The summed E-state index contributed by atoms with van der Waals surface area (Å²) in [7, 11) is 4.07. The van der Waals surface area contributed by atoms with Gasteiger partial charge in [-0.15, -0.1) is 12.8 Å². The second-order valence-corrected chi connectivity index (χ2v) is 34.3. The first-order valence-electron chi connectivity index (χ1n) is 38.9. The Bertz CT molecular complexity index is 3880. The molecule has 15 rings (SSSR count). The molecule has 12 aliphatic carbocycles. The minimum Gasteiger partial charge on any atom is -0.508 e. The molecule has 0 amide bonds. The maximum Gasteiger partial charge on any atom is 0.303 e. The molecule has 0 radical (unpaired) electrons. The van der Waals surface area contributed by atoms with E-state index in [0.717, 1.165) is 164 Å². The van der Waals surface area contributed by atoms with E-state index in [1.54, 1.807) is 18.6 Å². The molecule has 0 aliphatic heterocycles. The fraction of sp³-hybridized carbons (Fsp3) is 0.611. The number of fused-ring (bicyclic) bond motifs is 14. The molecule has 11 heteroatoms. The third kappa shape index (κ3) is 13.4. The van der Waals surface area contributed by atoms with Crippen LogP contribution in [-0.4, -0.2) is 93.4 Å². The van der Waals surface area contributed by atoms with E-state index < -0.39 is 16.8 Å². The van der Waals surface area contributed by atoms with E-state index in [2.05, 4.69) is 101 Å². The van der Waals surface area contributed by atoms with Crippen LogP contribution in [0.2, 0.25) is 0 Å². The van der Waals surface area contributed by atoms with Gasteiger partial charge < -0.3 is 29.7 Å². The third-order valence-corrected chi connectivity index (χ3v) is 29.4. The predicted molar refractivity (Wildman–Crippen MR) is 400 cm³/mol. The van der Waals surface area contributed by atoms with Crippen molar-refractivity contribution < 1.29 is 48.8 Å². The molecule has 540 valence electrons. The fourth-order valence-corrected chi connectivity index (χ4v) is 24.2. The van der Waals surface area contributed by atoms with Crippen molar-refractivity contribution in [3.8, 4) is 36.2 Å². The van der Waals surface area contributed by atoms with E-state index in [9.17, 15) is 39.3 Å². The number of ether oxygens (including phenoxy) is 2. The monoisotopic (exact) mass is 1370 g/mol. The summed E-state index contributed by atoms with van der Waals surface area (Å²) in [4.78, 5) is 62.4. The Morgan fingerprint density at radius 3 is 1.88 bits per heavy atom. The number of carbonyl (C=O) groups excluding carboxylic acids is 5. The number of Topliss-reactive ketones (excluding diaryl/α,β-unsaturated/α-hetero) is 2. The molecule has 18 atom stereocenters. The van der Waals surface area contributed by atoms with Gasteiger partial charge in [-0.25, -0.2) is 0 Å². The van der Waals surface area contributed by atoms with Gasteiger partial charge >= 0.3 is 5.97 Å². The maximum absolute atomic E-state index is 12.8. The molecule has 0 bridgehead atoms. The SMILES string of the molecule is C#C[C@]1(O)CC[C@H]2[C@@H]3CCC4=C(CCC(=O)C4)[C@H]3CC[C@@]21C.C#C[C@]1(O)CC[C@H]2[C@@H]3CCC4=CC(=O)CC[C@@H]4[C@H]3CC[C@@]21C.CC(=O)O[C@]1(C(C)=O)CC[C@H]2[C@@H]3C[C@H](C)C4=CC(=O)CC[C@]4(C)[C@H]3CC[C@@]21C.CC/C(=C(/c1ccc(OCCN(C)C)cc1)c1cccc(O)c1)c1ccccc1. The second-order valence-electron chi connectivity index (χ2n) is 34.3. The van der Waals surface area contributed by atoms with E-state index in [1.165, 1.54) is 47.6 Å². The Morgan fingerprint density at radius 1 is 0.604 bits per heavy atom. The van der Waals surface area contributed by atoms with Crippen LogP contribution in [0.25, 0.3) is 11.1 Å². The zero-order chi connectivity index (χ0) is 72.2. The fourth-order valence-electron chi connectivity index (χ4n) is 24.2. The number of esters is 1. The number of phenolic OH excluding ortho intramolecular Hbond substituents is 1. The highest BCUT2D eigenvalue weighted by Gasteiger charge is 2.69. The van der Waals surface area contributed by atoms with E-state index in [1.807, 2.05) is 56.6 Å². The average Bonchev–Trinajstić information content (AvgIpc) is 1.62. The number of likely N-dealkylation sites (N-methyl/N-ethyl adjacent to an activating group) is 1. The Labute approximate surface area is 603 Å². The molecule has 3 aromatic carbocycles. The van der Waals surface area contributed by atoms with Gasteiger partial charge in [-0.1, -0.05) is 130 Å². The second kappa shape index (κ2) is 29.1. The smallest absolute Gasteiger partial charge is 0.303 e. The van der Waals surface area contributed by atoms with Gasteiger partial charge in [-0.3, -0.25) is 24.0 Å². The molecule has 3 aromatic rings. The van der Waals surface area contributed by atoms with E-state index in [-0.39, 0.29) is 44.9 Å². The van der Waals surface area contributed by atoms with Crippen LogP contribution in [0.4, 0.5) is 0 Å². The van der Waals surface area contributed by atoms with Crippen molar-refractivity contribution in [3.05, 3.63) is 130 Å². The van der Waals surface area contributed by atoms with Crippen LogP contribution < -0.4 is 4.74 Å². The summed E-state index contributed by atoms with van der Waals surface area (Å²) in [6.07, 6.45) is 39.3. The summed E-state index contributed by atoms with van der Waals surface area (Å²) < 4.78 is 11.7. The lowest BCUT2D eigenvalue weighted by atomic mass is 9.44. The lowest BCUT2D eigenvalue weighted by Crippen LogP contribution is -2.59. The molecular formula is C90H115NO10. The van der Waals surface area contributed by atoms with Crippen LogP contribution in [0.1, 0.15) is 233 Å². The summed E-state index contributed by atoms with van der Waals surface area (Å²) >= 11 is 0. The molecule has 8 fully saturated rings. The van der Waals surface area contributed by atoms with Gasteiger partial charge in [0.25, 0.3) is 0 Å². The zero-order valence-electron chi connectivity index (χ0n) is 62.4. The van der Waals surface area contributed by atoms with Gasteiger partial charge in [-0.05, 0) is 291 Å². The minimum absolute atomic E-state index is 0.00469. The molecule has 0 spiro atoms. The standard InChI is InChI=1S/C26H29NO2.C24H34O4.2C20H26O2/c1-4-25(20-9-6-5-7-10-20)26(22-11-8-12-23(28)19-22)21-13-15-24(16-14-21)29-18-17-27(2)3;1-14-12-18-19(22(4)9-6-17(27)13-21(14)22)7-10-23(5)20(18)8-11-24(23,15(2)25)28-16(3)26;2*1-3-20(22)11-9-18-17-6-4-13-12-14(21)5-7-15(13)16(17)8-10-19(18,20)2/h5-16,19,28H,4,17-18H2,1-3H3;13-14,18-20H,6-12H2,1-5H3;1,16-18,22H,4-12H2,2H3;1,12,15-18,22H,4-11H2,2H3/b26-25+;;;/t;14-,18+,19-,20-,22+,23-,24-;16-,17-,18+,19+,20+;15-,16+,17+,18-,19-,20-/m.010/s1. The van der Waals surface area contributed by atoms with Gasteiger partial charge in [0, 0.05) is 55.4 Å². The van der Waals surface area contributed by atoms with Crippen LogP contribution in [0.5, 0.6) is 11.5 Å². The van der Waals surface area contributed by atoms with Crippen LogP contribution >= 0.6 is 0 Å². The van der Waals surface area contributed by atoms with Crippen LogP contribution in [0, 0.1) is 111 Å². The molecule has 8 saturated carbocycles. The molecule has 0 heterocycles. The highest BCUT2D eigenvalue weighted by molar-refractivity contribution is 5.99. The number of hydrogen-bond acceptors (Lipinski definition) is 11. The highest BCUT2D eigenvalue weighted by atomic mass is 16.6. The maximum atomic E-state index is 12.8. The summed E-state index contributed by atoms with van der Waals surface area (Å²) in [5.74, 6) is 13.7. The summed E-state index contributed by atoms with van der Waals surface area (Å²) in [5, 5.41) is 31.9. The minimum atomic E-state index is -0.961. The number of ketones is 4. The molecule has 101 heavy (non-hydrogen) atoms. The van der Waals surface area contributed by atoms with E-state index in [4.69, 9.17) is 22.3 Å². The summed E-state index contributed by atoms with van der Waals surface area (Å²) in [6.45, 7) is 18.0. The molecule has 0 saturated heterocycles. The van der Waals surface area contributed by atoms with Crippen molar-refractivity contribution in [1.29, 1.82) is 0 Å². The number of terminal acetylenes is 2. The van der Waals surface area contributed by atoms with Crippen molar-refractivity contribution in [2.45, 2.75) is 233 Å². The molecule has 0 aromatic heterocycles. The van der Waals surface area contributed by atoms with Crippen LogP contribution in [0.15, 0.2) is 113 Å². The Kier molecular flexibility index (Phi) is 21.4. The Hall–Kier alpha value is -6.63. The quantitative estimate of drug-likeness (QED) is 0.0765. The number of benzene rings is 3. The van der Waals surface area contributed by atoms with Crippen molar-refractivity contribution in [2.75, 3.05) is 27.2 Å². The Balaban J connectivity index is 0.000000128. The first-order chi connectivity index (χ1) is 48.1. The molecular weight excluding hydrogens is 1250 g/mol. The molecule has 11 nitrogen and oxygen atoms in total. The number of hydrogen-bond donors (Lipinski definition) is 3. The molecule has 3 N–H and O–H groups in total. The van der Waals surface area contributed by atoms with Crippen molar-refractivity contribution in [1.82, 2.24) is 4.90 Å². The molecule has 12 aliphatic rings. The Morgan fingerprint density at radius 2 is 1.23 bits per heavy atom. The number of rotatable bonds is 10. The van der Waals surface area contributed by atoms with Crippen molar-refractivity contribution >= 4 is 40.2 Å². The predicted octanol–water partition coefficient (Wildman–Crippen LogP) is 17.5. The zero-order valence-corrected chi connectivity index (χ0v) is 62.4. The first kappa shape index (κ1) is 74.1. The normalized spacial score (nSPS) is 37.9. The van der Waals surface area contributed by atoms with Crippen LogP contribution in [-0.2, 0) is 28.7 Å². The number of nitrogens with zero attached hydrogens (tertiary/aromatic N) is 1. The van der Waals surface area contributed by atoms with Gasteiger partial charge in [0.1, 0.15) is 35.1 Å². The van der Waals surface area contributed by atoms with E-state index in [0.29, 0.717) is 96.1 Å². The van der Waals surface area contributed by atoms with Crippen molar-refractivity contribution in [2.24, 2.45) is 86.8 Å². The summed E-state index contributed by atoms with van der Waals surface area (Å²) in [5.41, 5.74) is 8.40. The van der Waals surface area contributed by atoms with Crippen molar-refractivity contribution in [3.63, 3.8) is 0 Å². The first-order valence-corrected chi connectivity index (χ1v) is 38.9. The molecule has 0 unspecified atom stereocenters. The lowest BCUT2D eigenvalue weighted by molar-refractivity contribution is -0.187. The number of phenols is 1. The van der Waals surface area contributed by atoms with Gasteiger partial charge in [0.2, 0.25) is 0 Å². The topological polar surface area (TPSA) is 168 Å². The number of allylic oxidation sites excluding steroid dienone is 5. The average molecular weight is 1370 g/mol. The van der Waals surface area contributed by atoms with Crippen LogP contribution in [0.3, 0.4) is 0 Å². The largest absolute Gasteiger partial charge is 0.508 e. The van der Waals surface area contributed by atoms with Gasteiger partial charge in [0.05, 0.1) is 0 Å². The van der Waals surface area contributed by atoms with Gasteiger partial charge in [0.15, 0.2) is 23.0 Å². The lowest BCUT2D eigenvalue weighted by Gasteiger charge is -2.60. The third-order valence-electron chi connectivity index (χ3n) is 29.4. The number of aromatic hydroxyl groups is 1. The van der Waals surface area contributed by atoms with E-state index >= 15 is 0 Å². The number of carbonyl (C=O) groups is 5.